The van der Waals surface area contributed by atoms with Crippen LogP contribution in [0.25, 0.3) is 0 Å². The van der Waals surface area contributed by atoms with Crippen molar-refractivity contribution in [2.24, 2.45) is 5.73 Å². The van der Waals surface area contributed by atoms with Gasteiger partial charge in [0.15, 0.2) is 0 Å². The molecule has 6 heteroatoms. The van der Waals surface area contributed by atoms with E-state index in [2.05, 4.69) is 10.3 Å². The van der Waals surface area contributed by atoms with Gasteiger partial charge in [-0.2, -0.15) is 0 Å². The van der Waals surface area contributed by atoms with Crippen molar-refractivity contribution in [3.05, 3.63) is 39.8 Å². The normalized spacial score (nSPS) is 14.5. The fourth-order valence-electron chi connectivity index (χ4n) is 2.06. The van der Waals surface area contributed by atoms with Crippen LogP contribution < -0.4 is 15.8 Å². The topological polar surface area (TPSA) is 77.2 Å². The monoisotopic (exact) mass is 289 g/mol. The Morgan fingerprint density at radius 3 is 3.15 bits per heavy atom. The van der Waals surface area contributed by atoms with E-state index in [-0.39, 0.29) is 11.9 Å². The van der Waals surface area contributed by atoms with E-state index < -0.39 is 0 Å². The van der Waals surface area contributed by atoms with Crippen LogP contribution in [0.3, 0.4) is 0 Å². The number of amides is 1. The van der Waals surface area contributed by atoms with Crippen LogP contribution >= 0.6 is 11.3 Å². The summed E-state index contributed by atoms with van der Waals surface area (Å²) in [5.74, 6) is 0.683. The number of aromatic nitrogens is 1. The second-order valence-corrected chi connectivity index (χ2v) is 5.62. The number of nitrogens with one attached hydrogen (secondary N) is 1. The molecule has 0 bridgehead atoms. The Bertz CT molecular complexity index is 652. The average molecular weight is 289 g/mol. The van der Waals surface area contributed by atoms with Gasteiger partial charge in [-0.25, -0.2) is 4.98 Å². The highest BCUT2D eigenvalue weighted by molar-refractivity contribution is 7.09. The number of nitrogens with zero attached hydrogens (tertiary/aromatic N) is 1. The molecule has 3 N–H and O–H groups in total. The van der Waals surface area contributed by atoms with E-state index in [1.807, 2.05) is 25.1 Å². The molecule has 1 aromatic heterocycles. The minimum absolute atomic E-state index is 0.154. The molecule has 0 spiro atoms. The van der Waals surface area contributed by atoms with E-state index in [9.17, 15) is 4.79 Å². The zero-order valence-electron chi connectivity index (χ0n) is 11.1. The average Bonchev–Trinajstić information content (AvgIpc) is 3.07. The van der Waals surface area contributed by atoms with E-state index in [0.29, 0.717) is 12.3 Å². The fourth-order valence-corrected chi connectivity index (χ4v) is 2.82. The maximum atomic E-state index is 12.1. The van der Waals surface area contributed by atoms with Crippen LogP contribution in [0, 0.1) is 0 Å². The first kappa shape index (κ1) is 13.1. The van der Waals surface area contributed by atoms with Gasteiger partial charge in [0.1, 0.15) is 16.5 Å². The molecule has 1 atom stereocenters. The molecule has 1 amide bonds. The van der Waals surface area contributed by atoms with Gasteiger partial charge in [-0.3, -0.25) is 4.79 Å². The number of fused-ring (bicyclic) bond motifs is 1. The summed E-state index contributed by atoms with van der Waals surface area (Å²) in [5.41, 5.74) is 8.03. The maximum Gasteiger partial charge on any atom is 0.275 e. The van der Waals surface area contributed by atoms with Gasteiger partial charge in [0.2, 0.25) is 0 Å². The van der Waals surface area contributed by atoms with E-state index in [0.717, 1.165) is 28.4 Å². The zero-order chi connectivity index (χ0) is 14.1. The molecule has 104 valence electrons. The number of anilines is 1. The van der Waals surface area contributed by atoms with Crippen molar-refractivity contribution < 1.29 is 9.53 Å². The molecule has 3 rings (SSSR count). The number of rotatable bonds is 3. The lowest BCUT2D eigenvalue weighted by molar-refractivity contribution is 0.102. The molecule has 5 nitrogen and oxygen atoms in total. The van der Waals surface area contributed by atoms with Gasteiger partial charge in [-0.1, -0.05) is 0 Å². The van der Waals surface area contributed by atoms with Crippen LogP contribution in [0.1, 0.15) is 34.0 Å². The highest BCUT2D eigenvalue weighted by atomic mass is 32.1. The molecule has 1 aromatic carbocycles. The van der Waals surface area contributed by atoms with Crippen molar-refractivity contribution >= 4 is 22.9 Å². The summed E-state index contributed by atoms with van der Waals surface area (Å²) in [4.78, 5) is 16.3. The SMILES string of the molecule is CC(N)c1nc(C(=O)Nc2ccc3c(c2)CCO3)cs1. The third-order valence-corrected chi connectivity index (χ3v) is 4.14. The molecule has 0 fully saturated rings. The highest BCUT2D eigenvalue weighted by Crippen LogP contribution is 2.28. The smallest absolute Gasteiger partial charge is 0.275 e. The summed E-state index contributed by atoms with van der Waals surface area (Å²) in [6, 6.07) is 5.51. The van der Waals surface area contributed by atoms with Gasteiger partial charge in [-0.05, 0) is 30.7 Å². The van der Waals surface area contributed by atoms with Crippen LogP contribution in [0.2, 0.25) is 0 Å². The first-order valence-corrected chi connectivity index (χ1v) is 7.29. The Balaban J connectivity index is 1.75. The lowest BCUT2D eigenvalue weighted by Crippen LogP contribution is -2.13. The van der Waals surface area contributed by atoms with Crippen molar-refractivity contribution in [2.45, 2.75) is 19.4 Å². The van der Waals surface area contributed by atoms with Crippen LogP contribution in [-0.2, 0) is 6.42 Å². The Kier molecular flexibility index (Phi) is 3.42. The summed E-state index contributed by atoms with van der Waals surface area (Å²) in [6.45, 7) is 2.55. The summed E-state index contributed by atoms with van der Waals surface area (Å²) in [7, 11) is 0. The van der Waals surface area contributed by atoms with Crippen molar-refractivity contribution in [3.63, 3.8) is 0 Å². The summed E-state index contributed by atoms with van der Waals surface area (Å²) >= 11 is 1.40. The Morgan fingerprint density at radius 2 is 2.40 bits per heavy atom. The molecule has 1 aliphatic rings. The van der Waals surface area contributed by atoms with Crippen LogP contribution in [0.15, 0.2) is 23.6 Å². The van der Waals surface area contributed by atoms with E-state index in [4.69, 9.17) is 10.5 Å². The standard InChI is InChI=1S/C14H15N3O2S/c1-8(15)14-17-11(7-20-14)13(18)16-10-2-3-12-9(6-10)4-5-19-12/h2-3,6-8H,4-5,15H2,1H3,(H,16,18). The van der Waals surface area contributed by atoms with E-state index in [1.165, 1.54) is 11.3 Å². The molecule has 2 heterocycles. The molecule has 20 heavy (non-hydrogen) atoms. The summed E-state index contributed by atoms with van der Waals surface area (Å²) in [6.07, 6.45) is 0.880. The summed E-state index contributed by atoms with van der Waals surface area (Å²) in [5, 5.41) is 5.34. The Morgan fingerprint density at radius 1 is 1.55 bits per heavy atom. The lowest BCUT2D eigenvalue weighted by atomic mass is 10.1. The van der Waals surface area contributed by atoms with Crippen molar-refractivity contribution in [1.82, 2.24) is 4.98 Å². The molecule has 0 radical (unpaired) electrons. The molecule has 1 aliphatic heterocycles. The lowest BCUT2D eigenvalue weighted by Gasteiger charge is -2.05. The van der Waals surface area contributed by atoms with Crippen molar-refractivity contribution in [3.8, 4) is 5.75 Å². The van der Waals surface area contributed by atoms with Gasteiger partial charge < -0.3 is 15.8 Å². The second-order valence-electron chi connectivity index (χ2n) is 4.73. The van der Waals surface area contributed by atoms with E-state index >= 15 is 0 Å². The maximum absolute atomic E-state index is 12.1. The number of hydrogen-bond acceptors (Lipinski definition) is 5. The quantitative estimate of drug-likeness (QED) is 0.909. The number of carbonyl (C=O) groups is 1. The number of carbonyl (C=O) groups excluding carboxylic acids is 1. The predicted molar refractivity (Wildman–Crippen MR) is 78.3 cm³/mol. The fraction of sp³-hybridized carbons (Fsp3) is 0.286. The molecule has 1 unspecified atom stereocenters. The van der Waals surface area contributed by atoms with Gasteiger partial charge in [0.25, 0.3) is 5.91 Å². The van der Waals surface area contributed by atoms with Crippen LogP contribution in [0.5, 0.6) is 5.75 Å². The number of ether oxygens (including phenoxy) is 1. The number of thiazole rings is 1. The third-order valence-electron chi connectivity index (χ3n) is 3.09. The largest absolute Gasteiger partial charge is 0.493 e. The molecule has 0 saturated heterocycles. The van der Waals surface area contributed by atoms with Crippen LogP contribution in [-0.4, -0.2) is 17.5 Å². The van der Waals surface area contributed by atoms with Gasteiger partial charge >= 0.3 is 0 Å². The zero-order valence-corrected chi connectivity index (χ0v) is 11.9. The van der Waals surface area contributed by atoms with Gasteiger partial charge in [0.05, 0.1) is 12.6 Å². The molecule has 0 saturated carbocycles. The molecular weight excluding hydrogens is 274 g/mol. The van der Waals surface area contributed by atoms with E-state index in [1.54, 1.807) is 5.38 Å². The minimum Gasteiger partial charge on any atom is -0.493 e. The Hall–Kier alpha value is -1.92. The molecule has 2 aromatic rings. The predicted octanol–water partition coefficient (Wildman–Crippen LogP) is 2.35. The number of nitrogens with two attached hydrogens (primary N) is 1. The van der Waals surface area contributed by atoms with Crippen molar-refractivity contribution in [2.75, 3.05) is 11.9 Å². The number of benzene rings is 1. The van der Waals surface area contributed by atoms with Gasteiger partial charge in [-0.15, -0.1) is 11.3 Å². The molecule has 0 aliphatic carbocycles. The first-order chi connectivity index (χ1) is 9.63. The first-order valence-electron chi connectivity index (χ1n) is 6.41. The second kappa shape index (κ2) is 5.22. The van der Waals surface area contributed by atoms with Crippen LogP contribution in [0.4, 0.5) is 5.69 Å². The summed E-state index contributed by atoms with van der Waals surface area (Å²) < 4.78 is 5.44. The van der Waals surface area contributed by atoms with Gasteiger partial charge in [0, 0.05) is 17.5 Å². The molecular formula is C14H15N3O2S. The van der Waals surface area contributed by atoms with Crippen molar-refractivity contribution in [1.29, 1.82) is 0 Å². The minimum atomic E-state index is -0.216. The third kappa shape index (κ3) is 2.52. The number of hydrogen-bond donors (Lipinski definition) is 2. The highest BCUT2D eigenvalue weighted by Gasteiger charge is 2.15. The Labute approximate surface area is 120 Å².